The molecular formula is C11H18N2OS. The van der Waals surface area contributed by atoms with Crippen LogP contribution in [0, 0.1) is 0 Å². The molecule has 1 aromatic rings. The van der Waals surface area contributed by atoms with E-state index in [-0.39, 0.29) is 17.4 Å². The van der Waals surface area contributed by atoms with E-state index in [1.807, 2.05) is 19.2 Å². The zero-order valence-electron chi connectivity index (χ0n) is 9.92. The molecule has 0 radical (unpaired) electrons. The molecule has 0 saturated heterocycles. The Labute approximate surface area is 94.9 Å². The van der Waals surface area contributed by atoms with Gasteiger partial charge in [-0.3, -0.25) is 4.79 Å². The Morgan fingerprint density at radius 2 is 2.07 bits per heavy atom. The lowest BCUT2D eigenvalue weighted by molar-refractivity contribution is 0.0938. The summed E-state index contributed by atoms with van der Waals surface area (Å²) in [5, 5.41) is 5.64. The zero-order chi connectivity index (χ0) is 11.6. The Hall–Kier alpha value is -0.900. The number of amides is 1. The van der Waals surface area contributed by atoms with Crippen molar-refractivity contribution in [2.75, 3.05) is 0 Å². The van der Waals surface area contributed by atoms with E-state index in [2.05, 4.69) is 31.1 Å². The molecule has 0 aliphatic rings. The van der Waals surface area contributed by atoms with E-state index in [1.165, 1.54) is 11.3 Å². The molecule has 0 saturated carbocycles. The molecule has 3 nitrogen and oxygen atoms in total. The Balaban J connectivity index is 2.81. The molecule has 0 aromatic carbocycles. The summed E-state index contributed by atoms with van der Waals surface area (Å²) in [5.74, 6) is -0.0863. The smallest absolute Gasteiger partial charge is 0.270 e. The van der Waals surface area contributed by atoms with Crippen LogP contribution in [-0.4, -0.2) is 16.9 Å². The van der Waals surface area contributed by atoms with Crippen LogP contribution in [0.5, 0.6) is 0 Å². The van der Waals surface area contributed by atoms with Gasteiger partial charge in [0, 0.05) is 16.8 Å². The molecule has 0 unspecified atom stereocenters. The van der Waals surface area contributed by atoms with E-state index < -0.39 is 0 Å². The van der Waals surface area contributed by atoms with Gasteiger partial charge in [0.1, 0.15) is 5.69 Å². The molecule has 1 heterocycles. The van der Waals surface area contributed by atoms with E-state index >= 15 is 0 Å². The highest BCUT2D eigenvalue weighted by Gasteiger charge is 2.20. The van der Waals surface area contributed by atoms with E-state index in [1.54, 1.807) is 0 Å². The second kappa shape index (κ2) is 4.31. The lowest BCUT2D eigenvalue weighted by atomic mass is 9.98. The van der Waals surface area contributed by atoms with Crippen LogP contribution in [0.2, 0.25) is 0 Å². The van der Waals surface area contributed by atoms with Gasteiger partial charge in [-0.2, -0.15) is 0 Å². The Bertz CT molecular complexity index is 350. The molecule has 0 spiro atoms. The summed E-state index contributed by atoms with van der Waals surface area (Å²) in [6.45, 7) is 10.2. The summed E-state index contributed by atoms with van der Waals surface area (Å²) in [5.41, 5.74) is 0.541. The molecule has 0 aliphatic carbocycles. The highest BCUT2D eigenvalue weighted by molar-refractivity contribution is 7.10. The minimum atomic E-state index is -0.0863. The van der Waals surface area contributed by atoms with Gasteiger partial charge in [0.2, 0.25) is 0 Å². The van der Waals surface area contributed by atoms with Crippen molar-refractivity contribution in [1.82, 2.24) is 10.3 Å². The third-order valence-electron chi connectivity index (χ3n) is 1.80. The van der Waals surface area contributed by atoms with Crippen molar-refractivity contribution in [2.24, 2.45) is 0 Å². The Kier molecular flexibility index (Phi) is 3.50. The minimum absolute atomic E-state index is 0.0149. The SMILES string of the molecule is CC(C)NC(=O)c1csc(C(C)(C)C)n1. The summed E-state index contributed by atoms with van der Waals surface area (Å²) < 4.78 is 0. The molecule has 1 N–H and O–H groups in total. The summed E-state index contributed by atoms with van der Waals surface area (Å²) in [7, 11) is 0. The maximum Gasteiger partial charge on any atom is 0.270 e. The Morgan fingerprint density at radius 1 is 1.47 bits per heavy atom. The first kappa shape index (κ1) is 12.2. The first-order valence-corrected chi connectivity index (χ1v) is 5.95. The standard InChI is InChI=1S/C11H18N2OS/c1-7(2)12-9(14)8-6-15-10(13-8)11(3,4)5/h6-7H,1-5H3,(H,12,14). The third-order valence-corrected chi connectivity index (χ3v) is 3.07. The van der Waals surface area contributed by atoms with Gasteiger partial charge in [0.15, 0.2) is 0 Å². The van der Waals surface area contributed by atoms with Crippen molar-refractivity contribution in [2.45, 2.75) is 46.1 Å². The molecule has 1 aromatic heterocycles. The predicted octanol–water partition coefficient (Wildman–Crippen LogP) is 2.58. The van der Waals surface area contributed by atoms with Crippen molar-refractivity contribution >= 4 is 17.2 Å². The van der Waals surface area contributed by atoms with Gasteiger partial charge in [-0.15, -0.1) is 11.3 Å². The minimum Gasteiger partial charge on any atom is -0.349 e. The summed E-state index contributed by atoms with van der Waals surface area (Å²) >= 11 is 1.54. The van der Waals surface area contributed by atoms with Gasteiger partial charge in [0.05, 0.1) is 5.01 Å². The van der Waals surface area contributed by atoms with Gasteiger partial charge >= 0.3 is 0 Å². The van der Waals surface area contributed by atoms with Gasteiger partial charge in [0.25, 0.3) is 5.91 Å². The van der Waals surface area contributed by atoms with Crippen LogP contribution >= 0.6 is 11.3 Å². The number of carbonyl (C=O) groups excluding carboxylic acids is 1. The largest absolute Gasteiger partial charge is 0.349 e. The molecule has 0 aliphatic heterocycles. The number of carbonyl (C=O) groups is 1. The third kappa shape index (κ3) is 3.30. The quantitative estimate of drug-likeness (QED) is 0.842. The summed E-state index contributed by atoms with van der Waals surface area (Å²) in [6, 6.07) is 0.150. The fourth-order valence-electron chi connectivity index (χ4n) is 1.06. The zero-order valence-corrected chi connectivity index (χ0v) is 10.7. The number of hydrogen-bond donors (Lipinski definition) is 1. The van der Waals surface area contributed by atoms with Gasteiger partial charge in [-0.25, -0.2) is 4.98 Å². The van der Waals surface area contributed by atoms with Crippen LogP contribution in [0.3, 0.4) is 0 Å². The number of rotatable bonds is 2. The van der Waals surface area contributed by atoms with Crippen LogP contribution in [0.4, 0.5) is 0 Å². The lowest BCUT2D eigenvalue weighted by Crippen LogP contribution is -2.30. The number of aromatic nitrogens is 1. The van der Waals surface area contributed by atoms with Crippen molar-refractivity contribution in [1.29, 1.82) is 0 Å². The highest BCUT2D eigenvalue weighted by atomic mass is 32.1. The average molecular weight is 226 g/mol. The van der Waals surface area contributed by atoms with Gasteiger partial charge < -0.3 is 5.32 Å². The summed E-state index contributed by atoms with van der Waals surface area (Å²) in [4.78, 5) is 16.0. The van der Waals surface area contributed by atoms with Crippen molar-refractivity contribution in [3.05, 3.63) is 16.1 Å². The molecule has 0 bridgehead atoms. The van der Waals surface area contributed by atoms with E-state index in [0.29, 0.717) is 5.69 Å². The lowest BCUT2D eigenvalue weighted by Gasteiger charge is -2.13. The number of hydrogen-bond acceptors (Lipinski definition) is 3. The molecule has 84 valence electrons. The number of nitrogens with zero attached hydrogens (tertiary/aromatic N) is 1. The fourth-order valence-corrected chi connectivity index (χ4v) is 1.95. The van der Waals surface area contributed by atoms with Crippen LogP contribution in [-0.2, 0) is 5.41 Å². The topological polar surface area (TPSA) is 42.0 Å². The first-order valence-electron chi connectivity index (χ1n) is 5.07. The van der Waals surface area contributed by atoms with Crippen LogP contribution in [0.25, 0.3) is 0 Å². The van der Waals surface area contributed by atoms with E-state index in [0.717, 1.165) is 5.01 Å². The van der Waals surface area contributed by atoms with Crippen LogP contribution in [0.15, 0.2) is 5.38 Å². The van der Waals surface area contributed by atoms with Gasteiger partial charge in [-0.05, 0) is 13.8 Å². The molecule has 1 rings (SSSR count). The highest BCUT2D eigenvalue weighted by Crippen LogP contribution is 2.25. The number of nitrogens with one attached hydrogen (secondary N) is 1. The molecule has 0 atom stereocenters. The maximum atomic E-state index is 11.6. The fraction of sp³-hybridized carbons (Fsp3) is 0.636. The predicted molar refractivity (Wildman–Crippen MR) is 63.4 cm³/mol. The Morgan fingerprint density at radius 3 is 2.47 bits per heavy atom. The molecular weight excluding hydrogens is 208 g/mol. The van der Waals surface area contributed by atoms with Gasteiger partial charge in [-0.1, -0.05) is 20.8 Å². The normalized spacial score (nSPS) is 11.9. The van der Waals surface area contributed by atoms with Crippen LogP contribution in [0.1, 0.15) is 50.1 Å². The monoisotopic (exact) mass is 226 g/mol. The first-order chi connectivity index (χ1) is 6.80. The molecule has 15 heavy (non-hydrogen) atoms. The van der Waals surface area contributed by atoms with E-state index in [9.17, 15) is 4.79 Å². The number of thiazole rings is 1. The van der Waals surface area contributed by atoms with Crippen molar-refractivity contribution in [3.63, 3.8) is 0 Å². The summed E-state index contributed by atoms with van der Waals surface area (Å²) in [6.07, 6.45) is 0. The molecule has 4 heteroatoms. The van der Waals surface area contributed by atoms with Crippen molar-refractivity contribution in [3.8, 4) is 0 Å². The molecule has 1 amide bonds. The maximum absolute atomic E-state index is 11.6. The van der Waals surface area contributed by atoms with E-state index in [4.69, 9.17) is 0 Å². The van der Waals surface area contributed by atoms with Crippen molar-refractivity contribution < 1.29 is 4.79 Å². The second-order valence-electron chi connectivity index (χ2n) is 4.92. The molecule has 0 fully saturated rings. The van der Waals surface area contributed by atoms with Crippen LogP contribution < -0.4 is 5.32 Å². The second-order valence-corrected chi connectivity index (χ2v) is 5.77. The average Bonchev–Trinajstić information content (AvgIpc) is 2.48.